The van der Waals surface area contributed by atoms with Crippen LogP contribution in [-0.4, -0.2) is 29.4 Å². The summed E-state index contributed by atoms with van der Waals surface area (Å²) in [6, 6.07) is 16.7. The number of carbonyl (C=O) groups excluding carboxylic acids is 1. The molecule has 30 heavy (non-hydrogen) atoms. The number of phenols is 2. The fourth-order valence-corrected chi connectivity index (χ4v) is 2.82. The molecule has 0 aromatic heterocycles. The van der Waals surface area contributed by atoms with Crippen molar-refractivity contribution in [3.05, 3.63) is 81.8 Å². The van der Waals surface area contributed by atoms with Crippen LogP contribution in [0.4, 0.5) is 0 Å². The molecule has 3 aromatic rings. The van der Waals surface area contributed by atoms with Crippen molar-refractivity contribution >= 4 is 28.1 Å². The van der Waals surface area contributed by atoms with E-state index in [9.17, 15) is 15.0 Å². The number of benzene rings is 3. The van der Waals surface area contributed by atoms with Crippen molar-refractivity contribution in [1.82, 2.24) is 5.43 Å². The highest BCUT2D eigenvalue weighted by molar-refractivity contribution is 9.10. The zero-order chi connectivity index (χ0) is 21.5. The van der Waals surface area contributed by atoms with E-state index in [4.69, 9.17) is 9.47 Å². The summed E-state index contributed by atoms with van der Waals surface area (Å²) >= 11 is 3.40. The van der Waals surface area contributed by atoms with Crippen LogP contribution in [0.5, 0.6) is 23.0 Å². The molecule has 0 atom stereocenters. The first kappa shape index (κ1) is 21.2. The lowest BCUT2D eigenvalue weighted by Gasteiger charge is -2.11. The lowest BCUT2D eigenvalue weighted by molar-refractivity contribution is 0.0952. The predicted octanol–water partition coefficient (Wildman–Crippen LogP) is 4.21. The maximum absolute atomic E-state index is 12.1. The van der Waals surface area contributed by atoms with Crippen molar-refractivity contribution in [2.45, 2.75) is 6.61 Å². The smallest absolute Gasteiger partial charge is 0.275 e. The van der Waals surface area contributed by atoms with Gasteiger partial charge in [0.05, 0.1) is 18.9 Å². The Morgan fingerprint density at radius 1 is 1.07 bits per heavy atom. The number of halogens is 1. The first-order valence-corrected chi connectivity index (χ1v) is 9.66. The maximum Gasteiger partial charge on any atom is 0.275 e. The van der Waals surface area contributed by atoms with E-state index >= 15 is 0 Å². The van der Waals surface area contributed by atoms with Crippen LogP contribution < -0.4 is 14.9 Å². The fourth-order valence-electron chi connectivity index (χ4n) is 2.56. The molecule has 1 amide bonds. The molecule has 0 heterocycles. The minimum atomic E-state index is -0.653. The topological polar surface area (TPSA) is 100 Å². The first-order chi connectivity index (χ1) is 14.5. The minimum absolute atomic E-state index is 0.0830. The molecule has 3 aromatic carbocycles. The van der Waals surface area contributed by atoms with Crippen LogP contribution in [0, 0.1) is 0 Å². The molecule has 0 aliphatic carbocycles. The van der Waals surface area contributed by atoms with E-state index in [1.807, 2.05) is 24.3 Å². The van der Waals surface area contributed by atoms with Crippen LogP contribution >= 0.6 is 15.9 Å². The van der Waals surface area contributed by atoms with E-state index in [1.54, 1.807) is 25.3 Å². The second-order valence-electron chi connectivity index (χ2n) is 6.23. The van der Waals surface area contributed by atoms with E-state index < -0.39 is 5.91 Å². The Bertz CT molecular complexity index is 1070. The molecule has 0 saturated heterocycles. The number of ether oxygens (including phenoxy) is 2. The Hall–Kier alpha value is -3.52. The molecule has 0 spiro atoms. The van der Waals surface area contributed by atoms with Crippen molar-refractivity contribution in [2.75, 3.05) is 7.11 Å². The summed E-state index contributed by atoms with van der Waals surface area (Å²) in [5, 5.41) is 23.1. The highest BCUT2D eigenvalue weighted by Gasteiger charge is 2.11. The minimum Gasteiger partial charge on any atom is -0.508 e. The van der Waals surface area contributed by atoms with Crippen LogP contribution in [0.15, 0.2) is 70.2 Å². The van der Waals surface area contributed by atoms with Gasteiger partial charge >= 0.3 is 0 Å². The van der Waals surface area contributed by atoms with E-state index in [-0.39, 0.29) is 17.1 Å². The van der Waals surface area contributed by atoms with E-state index in [0.29, 0.717) is 23.7 Å². The Labute approximate surface area is 181 Å². The molecule has 7 nitrogen and oxygen atoms in total. The summed E-state index contributed by atoms with van der Waals surface area (Å²) < 4.78 is 12.2. The third-order valence-corrected chi connectivity index (χ3v) is 4.63. The average molecular weight is 471 g/mol. The largest absolute Gasteiger partial charge is 0.508 e. The number of nitrogens with one attached hydrogen (secondary N) is 1. The van der Waals surface area contributed by atoms with E-state index in [0.717, 1.165) is 16.1 Å². The molecule has 3 rings (SSSR count). The van der Waals surface area contributed by atoms with Crippen LogP contribution in [-0.2, 0) is 6.61 Å². The number of amides is 1. The molecule has 0 bridgehead atoms. The fraction of sp³-hybridized carbons (Fsp3) is 0.0909. The number of hydrazone groups is 1. The van der Waals surface area contributed by atoms with Crippen LogP contribution in [0.2, 0.25) is 0 Å². The maximum atomic E-state index is 12.1. The summed E-state index contributed by atoms with van der Waals surface area (Å²) in [5.74, 6) is 0.0531. The summed E-state index contributed by atoms with van der Waals surface area (Å²) in [5.41, 5.74) is 3.89. The molecule has 8 heteroatoms. The van der Waals surface area contributed by atoms with Gasteiger partial charge in [-0.05, 0) is 59.7 Å². The first-order valence-electron chi connectivity index (χ1n) is 8.87. The van der Waals surface area contributed by atoms with Crippen LogP contribution in [0.3, 0.4) is 0 Å². The normalized spacial score (nSPS) is 10.7. The second kappa shape index (κ2) is 9.80. The zero-order valence-corrected chi connectivity index (χ0v) is 17.6. The van der Waals surface area contributed by atoms with Gasteiger partial charge in [0.2, 0.25) is 0 Å². The number of nitrogens with zero attached hydrogens (tertiary/aromatic N) is 1. The number of aromatic hydroxyl groups is 2. The van der Waals surface area contributed by atoms with Crippen molar-refractivity contribution in [1.29, 1.82) is 0 Å². The monoisotopic (exact) mass is 470 g/mol. The van der Waals surface area contributed by atoms with Crippen molar-refractivity contribution in [3.8, 4) is 23.0 Å². The SMILES string of the molecule is COc1ccc(/C=N\NC(=O)c2cc(O)ccc2O)cc1OCc1ccc(Br)cc1. The Morgan fingerprint density at radius 3 is 2.57 bits per heavy atom. The third-order valence-electron chi connectivity index (χ3n) is 4.10. The highest BCUT2D eigenvalue weighted by Crippen LogP contribution is 2.28. The molecule has 0 radical (unpaired) electrons. The number of methoxy groups -OCH3 is 1. The standard InChI is InChI=1S/C22H19BrN2O5/c1-29-20-9-4-15(10-21(20)30-13-14-2-5-16(23)6-3-14)12-24-25-22(28)18-11-17(26)7-8-19(18)27/h2-12,26-27H,13H2,1H3,(H,25,28)/b24-12-. The summed E-state index contributed by atoms with van der Waals surface area (Å²) in [7, 11) is 1.55. The van der Waals surface area contributed by atoms with Gasteiger partial charge in [0, 0.05) is 4.47 Å². The van der Waals surface area contributed by atoms with Gasteiger partial charge < -0.3 is 19.7 Å². The summed E-state index contributed by atoms with van der Waals surface area (Å²) in [6.07, 6.45) is 1.43. The molecule has 154 valence electrons. The van der Waals surface area contributed by atoms with Gasteiger partial charge in [-0.3, -0.25) is 4.79 Å². The van der Waals surface area contributed by atoms with Gasteiger partial charge in [-0.1, -0.05) is 28.1 Å². The molecular weight excluding hydrogens is 452 g/mol. The quantitative estimate of drug-likeness (QED) is 0.272. The number of phenolic OH excluding ortho intramolecular Hbond substituents is 2. The van der Waals surface area contributed by atoms with Crippen LogP contribution in [0.25, 0.3) is 0 Å². The Morgan fingerprint density at radius 2 is 1.83 bits per heavy atom. The summed E-state index contributed by atoms with van der Waals surface area (Å²) in [4.78, 5) is 12.1. The molecule has 0 saturated carbocycles. The number of hydrogen-bond acceptors (Lipinski definition) is 6. The van der Waals surface area contributed by atoms with Crippen molar-refractivity contribution < 1.29 is 24.5 Å². The summed E-state index contributed by atoms with van der Waals surface area (Å²) in [6.45, 7) is 0.359. The number of rotatable bonds is 7. The molecule has 0 aliphatic heterocycles. The Balaban J connectivity index is 1.68. The average Bonchev–Trinajstić information content (AvgIpc) is 2.75. The molecule has 0 aliphatic rings. The highest BCUT2D eigenvalue weighted by atomic mass is 79.9. The van der Waals surface area contributed by atoms with Gasteiger partial charge in [-0.25, -0.2) is 5.43 Å². The number of carbonyl (C=O) groups is 1. The molecule has 3 N–H and O–H groups in total. The zero-order valence-electron chi connectivity index (χ0n) is 16.0. The van der Waals surface area contributed by atoms with Gasteiger partial charge in [0.1, 0.15) is 18.1 Å². The second-order valence-corrected chi connectivity index (χ2v) is 7.14. The van der Waals surface area contributed by atoms with E-state index in [2.05, 4.69) is 26.5 Å². The van der Waals surface area contributed by atoms with Crippen molar-refractivity contribution in [3.63, 3.8) is 0 Å². The van der Waals surface area contributed by atoms with Gasteiger partial charge in [-0.2, -0.15) is 5.10 Å². The van der Waals surface area contributed by atoms with Gasteiger partial charge in [0.15, 0.2) is 11.5 Å². The predicted molar refractivity (Wildman–Crippen MR) is 116 cm³/mol. The Kier molecular flexibility index (Phi) is 6.92. The number of hydrogen-bond donors (Lipinski definition) is 3. The van der Waals surface area contributed by atoms with Crippen molar-refractivity contribution in [2.24, 2.45) is 5.10 Å². The molecule has 0 fully saturated rings. The lowest BCUT2D eigenvalue weighted by Crippen LogP contribution is -2.17. The third kappa shape index (κ3) is 5.51. The molecular formula is C22H19BrN2O5. The lowest BCUT2D eigenvalue weighted by atomic mass is 10.2. The van der Waals surface area contributed by atoms with Gasteiger partial charge in [0.25, 0.3) is 5.91 Å². The molecule has 0 unspecified atom stereocenters. The van der Waals surface area contributed by atoms with Crippen LogP contribution in [0.1, 0.15) is 21.5 Å². The van der Waals surface area contributed by atoms with E-state index in [1.165, 1.54) is 18.3 Å². The van der Waals surface area contributed by atoms with Gasteiger partial charge in [-0.15, -0.1) is 0 Å².